The maximum absolute atomic E-state index is 11.3. The Labute approximate surface area is 107 Å². The summed E-state index contributed by atoms with van der Waals surface area (Å²) in [6.45, 7) is 4.19. The minimum Gasteiger partial charge on any atom is -0.497 e. The third-order valence-electron chi connectivity index (χ3n) is 2.30. The summed E-state index contributed by atoms with van der Waals surface area (Å²) in [5, 5.41) is 0. The maximum Gasteiger partial charge on any atom is 0.333 e. The molecule has 0 unspecified atom stereocenters. The van der Waals surface area contributed by atoms with Gasteiger partial charge in [-0.3, -0.25) is 0 Å². The number of ether oxygens (including phenoxy) is 3. The Morgan fingerprint density at radius 1 is 1.22 bits per heavy atom. The van der Waals surface area contributed by atoms with Crippen LogP contribution in [0.5, 0.6) is 11.5 Å². The quantitative estimate of drug-likeness (QED) is 0.575. The van der Waals surface area contributed by atoms with Crippen LogP contribution in [0.4, 0.5) is 0 Å². The van der Waals surface area contributed by atoms with E-state index in [1.807, 2.05) is 24.3 Å². The van der Waals surface area contributed by atoms with Gasteiger partial charge >= 0.3 is 5.97 Å². The highest BCUT2D eigenvalue weighted by Gasteiger charge is 2.03. The first-order valence-electron chi connectivity index (χ1n) is 5.78. The molecule has 0 aliphatic rings. The summed E-state index contributed by atoms with van der Waals surface area (Å²) in [5.74, 6) is 1.19. The highest BCUT2D eigenvalue weighted by molar-refractivity contribution is 5.87. The van der Waals surface area contributed by atoms with E-state index >= 15 is 0 Å². The first-order chi connectivity index (χ1) is 8.67. The van der Waals surface area contributed by atoms with E-state index in [4.69, 9.17) is 14.2 Å². The summed E-state index contributed by atoms with van der Waals surface area (Å²) in [7, 11) is 1.61. The first kappa shape index (κ1) is 14.1. The molecule has 0 saturated carbocycles. The van der Waals surface area contributed by atoms with Crippen LogP contribution >= 0.6 is 0 Å². The third-order valence-corrected chi connectivity index (χ3v) is 2.30. The van der Waals surface area contributed by atoms with E-state index in [9.17, 15) is 4.79 Å². The lowest BCUT2D eigenvalue weighted by Crippen LogP contribution is -2.06. The van der Waals surface area contributed by atoms with E-state index in [2.05, 4.69) is 0 Å². The summed E-state index contributed by atoms with van der Waals surface area (Å²) < 4.78 is 15.4. The van der Waals surface area contributed by atoms with Crippen molar-refractivity contribution in [2.75, 3.05) is 20.3 Å². The van der Waals surface area contributed by atoms with Gasteiger partial charge in [0.2, 0.25) is 0 Å². The van der Waals surface area contributed by atoms with Crippen LogP contribution in [0.2, 0.25) is 0 Å². The lowest BCUT2D eigenvalue weighted by atomic mass is 10.3. The Balaban J connectivity index is 2.44. The van der Waals surface area contributed by atoms with Gasteiger partial charge in [0.25, 0.3) is 0 Å². The van der Waals surface area contributed by atoms with Crippen LogP contribution in [0, 0.1) is 0 Å². The number of hydrogen-bond acceptors (Lipinski definition) is 4. The van der Waals surface area contributed by atoms with Crippen LogP contribution in [0.15, 0.2) is 35.9 Å². The number of hydrogen-bond donors (Lipinski definition) is 0. The molecule has 1 rings (SSSR count). The fourth-order valence-corrected chi connectivity index (χ4v) is 1.26. The molecule has 0 bridgehead atoms. The Hall–Kier alpha value is -1.97. The smallest absolute Gasteiger partial charge is 0.333 e. The van der Waals surface area contributed by atoms with E-state index in [-0.39, 0.29) is 5.97 Å². The molecular weight excluding hydrogens is 232 g/mol. The molecular formula is C14H18O4. The van der Waals surface area contributed by atoms with E-state index in [1.165, 1.54) is 0 Å². The largest absolute Gasteiger partial charge is 0.497 e. The van der Waals surface area contributed by atoms with Gasteiger partial charge in [-0.1, -0.05) is 0 Å². The molecule has 0 aliphatic heterocycles. The van der Waals surface area contributed by atoms with Gasteiger partial charge in [0.1, 0.15) is 18.1 Å². The zero-order chi connectivity index (χ0) is 13.4. The summed E-state index contributed by atoms with van der Waals surface area (Å²) in [6.07, 6.45) is 1.70. The molecule has 0 spiro atoms. The van der Waals surface area contributed by atoms with Gasteiger partial charge in [0.15, 0.2) is 0 Å². The maximum atomic E-state index is 11.3. The summed E-state index contributed by atoms with van der Waals surface area (Å²) in [4.78, 5) is 11.3. The van der Waals surface area contributed by atoms with Crippen LogP contribution in [0.1, 0.15) is 13.8 Å². The van der Waals surface area contributed by atoms with Crippen molar-refractivity contribution >= 4 is 5.97 Å². The van der Waals surface area contributed by atoms with Crippen molar-refractivity contribution < 1.29 is 19.0 Å². The van der Waals surface area contributed by atoms with Crippen molar-refractivity contribution in [3.05, 3.63) is 35.9 Å². The number of benzene rings is 1. The van der Waals surface area contributed by atoms with Crippen molar-refractivity contribution in [1.82, 2.24) is 0 Å². The minimum absolute atomic E-state index is 0.309. The fraction of sp³-hybridized carbons (Fsp3) is 0.357. The van der Waals surface area contributed by atoms with Gasteiger partial charge in [0.05, 0.1) is 13.7 Å². The number of carbonyl (C=O) groups is 1. The minimum atomic E-state index is -0.309. The molecule has 0 fully saturated rings. The summed E-state index contributed by atoms with van der Waals surface area (Å²) in [5.41, 5.74) is 0.547. The van der Waals surface area contributed by atoms with Crippen molar-refractivity contribution in [2.24, 2.45) is 0 Å². The lowest BCUT2D eigenvalue weighted by molar-refractivity contribution is -0.138. The number of methoxy groups -OCH3 is 1. The Morgan fingerprint density at radius 3 is 2.39 bits per heavy atom. The molecule has 0 aliphatic carbocycles. The molecule has 0 N–H and O–H groups in total. The highest BCUT2D eigenvalue weighted by Crippen LogP contribution is 2.16. The second kappa shape index (κ2) is 7.37. The number of rotatable bonds is 6. The van der Waals surface area contributed by atoms with Crippen molar-refractivity contribution in [3.8, 4) is 11.5 Å². The van der Waals surface area contributed by atoms with Crippen molar-refractivity contribution in [1.29, 1.82) is 0 Å². The van der Waals surface area contributed by atoms with Crippen LogP contribution in [0.3, 0.4) is 0 Å². The third kappa shape index (κ3) is 4.49. The zero-order valence-corrected chi connectivity index (χ0v) is 10.9. The molecule has 0 heterocycles. The van der Waals surface area contributed by atoms with Crippen molar-refractivity contribution in [3.63, 3.8) is 0 Å². The van der Waals surface area contributed by atoms with Crippen LogP contribution < -0.4 is 9.47 Å². The number of esters is 1. The molecule has 4 heteroatoms. The van der Waals surface area contributed by atoms with Crippen molar-refractivity contribution in [2.45, 2.75) is 13.8 Å². The van der Waals surface area contributed by atoms with E-state index in [0.29, 0.717) is 18.8 Å². The second-order valence-corrected chi connectivity index (χ2v) is 3.59. The van der Waals surface area contributed by atoms with E-state index in [1.54, 1.807) is 27.0 Å². The topological polar surface area (TPSA) is 44.8 Å². The zero-order valence-electron chi connectivity index (χ0n) is 10.9. The van der Waals surface area contributed by atoms with Gasteiger partial charge in [-0.2, -0.15) is 0 Å². The average molecular weight is 250 g/mol. The van der Waals surface area contributed by atoms with Gasteiger partial charge in [-0.05, 0) is 44.2 Å². The standard InChI is InChI=1S/C14H18O4/c1-4-17-14(15)11(2)9-10-18-13-7-5-12(16-3)6-8-13/h5-9H,4,10H2,1-3H3. The molecule has 0 saturated heterocycles. The SMILES string of the molecule is CCOC(=O)C(C)=CCOc1ccc(OC)cc1. The van der Waals surface area contributed by atoms with Crippen LogP contribution in [-0.2, 0) is 9.53 Å². The van der Waals surface area contributed by atoms with E-state index < -0.39 is 0 Å². The average Bonchev–Trinajstić information content (AvgIpc) is 2.39. The Bertz CT molecular complexity index is 406. The monoisotopic (exact) mass is 250 g/mol. The molecule has 4 nitrogen and oxygen atoms in total. The second-order valence-electron chi connectivity index (χ2n) is 3.59. The Kier molecular flexibility index (Phi) is 5.77. The van der Waals surface area contributed by atoms with Crippen LogP contribution in [0.25, 0.3) is 0 Å². The summed E-state index contributed by atoms with van der Waals surface area (Å²) >= 11 is 0. The van der Waals surface area contributed by atoms with Gasteiger partial charge < -0.3 is 14.2 Å². The first-order valence-corrected chi connectivity index (χ1v) is 5.78. The fourth-order valence-electron chi connectivity index (χ4n) is 1.26. The van der Waals surface area contributed by atoms with Gasteiger partial charge in [-0.15, -0.1) is 0 Å². The molecule has 0 radical (unpaired) electrons. The highest BCUT2D eigenvalue weighted by atomic mass is 16.5. The Morgan fingerprint density at radius 2 is 1.83 bits per heavy atom. The number of carbonyl (C=O) groups excluding carboxylic acids is 1. The predicted molar refractivity (Wildman–Crippen MR) is 68.9 cm³/mol. The normalized spacial score (nSPS) is 10.9. The van der Waals surface area contributed by atoms with E-state index in [0.717, 1.165) is 11.5 Å². The van der Waals surface area contributed by atoms with Crippen LogP contribution in [-0.4, -0.2) is 26.3 Å². The molecule has 0 atom stereocenters. The summed E-state index contributed by atoms with van der Waals surface area (Å²) in [6, 6.07) is 7.26. The molecule has 98 valence electrons. The molecule has 18 heavy (non-hydrogen) atoms. The lowest BCUT2D eigenvalue weighted by Gasteiger charge is -2.05. The molecule has 0 amide bonds. The molecule has 1 aromatic rings. The molecule has 0 aromatic heterocycles. The molecule has 1 aromatic carbocycles. The van der Waals surface area contributed by atoms with Gasteiger partial charge in [0, 0.05) is 5.57 Å². The van der Waals surface area contributed by atoms with Gasteiger partial charge in [-0.25, -0.2) is 4.79 Å². The predicted octanol–water partition coefficient (Wildman–Crippen LogP) is 2.58.